The van der Waals surface area contributed by atoms with E-state index in [0.717, 1.165) is 54.6 Å². The van der Waals surface area contributed by atoms with Crippen LogP contribution >= 0.6 is 23.2 Å². The second-order valence-corrected chi connectivity index (χ2v) is 8.94. The van der Waals surface area contributed by atoms with Crippen LogP contribution in [0.3, 0.4) is 0 Å². The van der Waals surface area contributed by atoms with Gasteiger partial charge in [0, 0.05) is 53.5 Å². The van der Waals surface area contributed by atoms with Crippen molar-refractivity contribution in [3.8, 4) is 11.3 Å². The lowest BCUT2D eigenvalue weighted by atomic mass is 10.0. The standard InChI is InChI=1S/C24H22BCl2N5/c25-19-14-28-32-23(13-22(30-24(19)32)18-6-2-4-8-21(18)27)29-17-9-11-31(12-10-17)15-16-5-1-3-7-20(16)26/h1-8,13-14,17,29H,9-12,15H2. The highest BCUT2D eigenvalue weighted by atomic mass is 35.5. The molecule has 1 N–H and O–H groups in total. The minimum absolute atomic E-state index is 0.326. The Kier molecular flexibility index (Phi) is 6.09. The number of benzene rings is 2. The summed E-state index contributed by atoms with van der Waals surface area (Å²) in [4.78, 5) is 7.16. The summed E-state index contributed by atoms with van der Waals surface area (Å²) in [6.45, 7) is 2.86. The maximum Gasteiger partial charge on any atom is 0.150 e. The fraction of sp³-hybridized carbons (Fsp3) is 0.250. The van der Waals surface area contributed by atoms with E-state index in [2.05, 4.69) is 21.4 Å². The van der Waals surface area contributed by atoms with Gasteiger partial charge < -0.3 is 5.32 Å². The minimum atomic E-state index is 0.326. The summed E-state index contributed by atoms with van der Waals surface area (Å²) in [5, 5.41) is 9.58. The number of halogens is 2. The Morgan fingerprint density at radius 1 is 1.00 bits per heavy atom. The van der Waals surface area contributed by atoms with Gasteiger partial charge in [-0.2, -0.15) is 9.61 Å². The molecule has 0 atom stereocenters. The topological polar surface area (TPSA) is 45.5 Å². The van der Waals surface area contributed by atoms with Crippen molar-refractivity contribution in [3.63, 3.8) is 0 Å². The fourth-order valence-corrected chi connectivity index (χ4v) is 4.63. The van der Waals surface area contributed by atoms with Gasteiger partial charge in [0.05, 0.1) is 5.69 Å². The molecule has 5 nitrogen and oxygen atoms in total. The molecule has 0 aliphatic carbocycles. The van der Waals surface area contributed by atoms with Gasteiger partial charge in [-0.15, -0.1) is 0 Å². The van der Waals surface area contributed by atoms with Crippen molar-refractivity contribution in [2.45, 2.75) is 25.4 Å². The number of hydrogen-bond acceptors (Lipinski definition) is 4. The molecule has 1 aliphatic rings. The van der Waals surface area contributed by atoms with Crippen LogP contribution in [0, 0.1) is 0 Å². The minimum Gasteiger partial charge on any atom is -0.367 e. The first-order valence-corrected chi connectivity index (χ1v) is 11.5. The smallest absolute Gasteiger partial charge is 0.150 e. The Bertz CT molecular complexity index is 1250. The molecule has 1 fully saturated rings. The molecule has 4 aromatic rings. The highest BCUT2D eigenvalue weighted by Crippen LogP contribution is 2.29. The average Bonchev–Trinajstić information content (AvgIpc) is 3.18. The van der Waals surface area contributed by atoms with Gasteiger partial charge in [-0.25, -0.2) is 4.98 Å². The molecule has 0 bridgehead atoms. The summed E-state index contributed by atoms with van der Waals surface area (Å²) in [5.74, 6) is 0.867. The molecular weight excluding hydrogens is 440 g/mol. The number of aromatic nitrogens is 3. The molecule has 0 unspecified atom stereocenters. The monoisotopic (exact) mass is 461 g/mol. The zero-order valence-electron chi connectivity index (χ0n) is 17.5. The van der Waals surface area contributed by atoms with Crippen molar-refractivity contribution in [1.82, 2.24) is 19.5 Å². The average molecular weight is 462 g/mol. The molecule has 5 rings (SSSR count). The van der Waals surface area contributed by atoms with Crippen molar-refractivity contribution in [1.29, 1.82) is 0 Å². The Labute approximate surface area is 198 Å². The van der Waals surface area contributed by atoms with Gasteiger partial charge in [-0.1, -0.05) is 59.6 Å². The van der Waals surface area contributed by atoms with Crippen LogP contribution in [0.15, 0.2) is 60.8 Å². The number of hydrogen-bond donors (Lipinski definition) is 1. The molecular formula is C24H22BCl2N5. The van der Waals surface area contributed by atoms with Crippen molar-refractivity contribution in [2.24, 2.45) is 0 Å². The molecule has 2 aromatic carbocycles. The van der Waals surface area contributed by atoms with E-state index in [0.29, 0.717) is 22.2 Å². The molecule has 160 valence electrons. The lowest BCUT2D eigenvalue weighted by molar-refractivity contribution is 0.211. The number of likely N-dealkylation sites (tertiary alicyclic amines) is 1. The molecule has 0 amide bonds. The van der Waals surface area contributed by atoms with E-state index < -0.39 is 0 Å². The third-order valence-corrected chi connectivity index (χ3v) is 6.64. The summed E-state index contributed by atoms with van der Waals surface area (Å²) in [7, 11) is 6.14. The molecule has 2 radical (unpaired) electrons. The van der Waals surface area contributed by atoms with E-state index in [1.54, 1.807) is 10.7 Å². The maximum absolute atomic E-state index is 6.43. The molecule has 2 aromatic heterocycles. The summed E-state index contributed by atoms with van der Waals surface area (Å²) in [6, 6.07) is 18.1. The van der Waals surface area contributed by atoms with Crippen LogP contribution in [0.2, 0.25) is 10.0 Å². The van der Waals surface area contributed by atoms with Crippen molar-refractivity contribution < 1.29 is 0 Å². The number of fused-ring (bicyclic) bond motifs is 1. The number of piperidine rings is 1. The van der Waals surface area contributed by atoms with Gasteiger partial charge in [0.15, 0.2) is 5.65 Å². The van der Waals surface area contributed by atoms with Crippen molar-refractivity contribution in [3.05, 3.63) is 76.4 Å². The van der Waals surface area contributed by atoms with E-state index in [-0.39, 0.29) is 0 Å². The Hall–Kier alpha value is -2.54. The molecule has 0 saturated carbocycles. The second kappa shape index (κ2) is 9.14. The van der Waals surface area contributed by atoms with Crippen LogP contribution in [-0.2, 0) is 6.54 Å². The first-order valence-electron chi connectivity index (χ1n) is 10.7. The lowest BCUT2D eigenvalue weighted by Gasteiger charge is -2.33. The Morgan fingerprint density at radius 3 is 2.47 bits per heavy atom. The normalized spacial score (nSPS) is 15.3. The number of rotatable bonds is 5. The Balaban J connectivity index is 1.34. The van der Waals surface area contributed by atoms with Crippen molar-refractivity contribution >= 4 is 48.0 Å². The highest BCUT2D eigenvalue weighted by Gasteiger charge is 2.21. The largest absolute Gasteiger partial charge is 0.367 e. The van der Waals surface area contributed by atoms with Crippen molar-refractivity contribution in [2.75, 3.05) is 18.4 Å². The van der Waals surface area contributed by atoms with E-state index in [1.165, 1.54) is 5.56 Å². The quantitative estimate of drug-likeness (QED) is 0.442. The fourth-order valence-electron chi connectivity index (χ4n) is 4.20. The number of nitrogens with one attached hydrogen (secondary N) is 1. The molecule has 1 aliphatic heterocycles. The van der Waals surface area contributed by atoms with Gasteiger partial charge in [-0.3, -0.25) is 4.90 Å². The predicted molar refractivity (Wildman–Crippen MR) is 132 cm³/mol. The summed E-state index contributed by atoms with van der Waals surface area (Å²) < 4.78 is 1.77. The van der Waals surface area contributed by atoms with Crippen LogP contribution in [0.5, 0.6) is 0 Å². The van der Waals surface area contributed by atoms with Gasteiger partial charge >= 0.3 is 0 Å². The first-order chi connectivity index (χ1) is 15.6. The number of nitrogens with zero attached hydrogens (tertiary/aromatic N) is 4. The molecule has 1 saturated heterocycles. The first kappa shape index (κ1) is 21.3. The molecule has 8 heteroatoms. The SMILES string of the molecule is [B]c1cnn2c(NC3CCN(Cc4ccccc4Cl)CC3)cc(-c3ccccc3Cl)nc12. The number of anilines is 1. The van der Waals surface area contributed by atoms with Crippen LogP contribution in [-0.4, -0.2) is 46.5 Å². The van der Waals surface area contributed by atoms with Gasteiger partial charge in [0.1, 0.15) is 13.7 Å². The summed E-state index contributed by atoms with van der Waals surface area (Å²) >= 11 is 12.8. The molecule has 0 spiro atoms. The molecule has 3 heterocycles. The highest BCUT2D eigenvalue weighted by molar-refractivity contribution is 6.36. The second-order valence-electron chi connectivity index (χ2n) is 8.13. The van der Waals surface area contributed by atoms with Gasteiger partial charge in [-0.05, 0) is 36.0 Å². The van der Waals surface area contributed by atoms with Gasteiger partial charge in [0.25, 0.3) is 0 Å². The third-order valence-electron chi connectivity index (χ3n) is 5.94. The van der Waals surface area contributed by atoms with E-state index in [4.69, 9.17) is 36.0 Å². The lowest BCUT2D eigenvalue weighted by Crippen LogP contribution is -2.39. The van der Waals surface area contributed by atoms with E-state index >= 15 is 0 Å². The molecule has 32 heavy (non-hydrogen) atoms. The van der Waals surface area contributed by atoms with Crippen LogP contribution in [0.4, 0.5) is 5.82 Å². The third kappa shape index (κ3) is 4.35. The predicted octanol–water partition coefficient (Wildman–Crippen LogP) is 4.57. The van der Waals surface area contributed by atoms with Crippen LogP contribution in [0.1, 0.15) is 18.4 Å². The van der Waals surface area contributed by atoms with Crippen LogP contribution in [0.25, 0.3) is 16.9 Å². The maximum atomic E-state index is 6.43. The summed E-state index contributed by atoms with van der Waals surface area (Å²) in [5.41, 5.74) is 3.98. The zero-order valence-corrected chi connectivity index (χ0v) is 19.0. The van der Waals surface area contributed by atoms with Gasteiger partial charge in [0.2, 0.25) is 0 Å². The van der Waals surface area contributed by atoms with E-state index in [9.17, 15) is 0 Å². The summed E-state index contributed by atoms with van der Waals surface area (Å²) in [6.07, 6.45) is 3.68. The van der Waals surface area contributed by atoms with Crippen LogP contribution < -0.4 is 10.8 Å². The zero-order chi connectivity index (χ0) is 22.1. The van der Waals surface area contributed by atoms with E-state index in [1.807, 2.05) is 48.5 Å². The Morgan fingerprint density at radius 2 is 1.72 bits per heavy atom.